The maximum absolute atomic E-state index is 12.0. The number of rotatable bonds is 8. The Labute approximate surface area is 150 Å². The molecule has 2 unspecified atom stereocenters. The summed E-state index contributed by atoms with van der Waals surface area (Å²) in [5.41, 5.74) is 1.16. The number of ether oxygens (including phenoxy) is 2. The number of carbonyl (C=O) groups excluding carboxylic acids is 1. The molecule has 0 bridgehead atoms. The molecule has 1 aromatic carbocycles. The fraction of sp³-hybridized carbons (Fsp3) is 0.650. The van der Waals surface area contributed by atoms with E-state index in [0.717, 1.165) is 25.1 Å². The summed E-state index contributed by atoms with van der Waals surface area (Å²) in [6.07, 6.45) is 5.25. The Kier molecular flexibility index (Phi) is 7.27. The third kappa shape index (κ3) is 6.10. The van der Waals surface area contributed by atoms with Crippen LogP contribution in [0.5, 0.6) is 0 Å². The molecule has 2 atom stereocenters. The SMILES string of the molecule is O=C(CCCOCc1ccccc1)NCC1CN2CCCCC2CO1. The molecule has 1 amide bonds. The number of hydrogen-bond donors (Lipinski definition) is 1. The Hall–Kier alpha value is -1.43. The standard InChI is InChI=1S/C20H30N2O3/c23-20(10-6-12-24-15-17-7-2-1-3-8-17)21-13-19-14-22-11-5-4-9-18(22)16-25-19/h1-3,7-8,18-19H,4-6,9-16H2,(H,21,23). The van der Waals surface area contributed by atoms with E-state index in [9.17, 15) is 4.79 Å². The van der Waals surface area contributed by atoms with Crippen LogP contribution in [-0.4, -0.2) is 55.8 Å². The monoisotopic (exact) mass is 346 g/mol. The Bertz CT molecular complexity index is 523. The van der Waals surface area contributed by atoms with E-state index in [1.165, 1.54) is 25.8 Å². The molecule has 0 radical (unpaired) electrons. The minimum Gasteiger partial charge on any atom is -0.377 e. The summed E-state index contributed by atoms with van der Waals surface area (Å²) in [6.45, 7) is 4.77. The van der Waals surface area contributed by atoms with E-state index in [1.807, 2.05) is 30.3 Å². The molecule has 2 aliphatic heterocycles. The van der Waals surface area contributed by atoms with Gasteiger partial charge in [0.05, 0.1) is 19.3 Å². The molecule has 2 fully saturated rings. The minimum atomic E-state index is 0.0904. The number of nitrogens with zero attached hydrogens (tertiary/aromatic N) is 1. The molecule has 1 aromatic rings. The molecule has 0 saturated carbocycles. The number of fused-ring (bicyclic) bond motifs is 1. The first kappa shape index (κ1) is 18.4. The van der Waals surface area contributed by atoms with Crippen molar-refractivity contribution in [2.75, 3.05) is 32.8 Å². The van der Waals surface area contributed by atoms with Crippen LogP contribution < -0.4 is 5.32 Å². The fourth-order valence-corrected chi connectivity index (χ4v) is 3.59. The lowest BCUT2D eigenvalue weighted by Gasteiger charge is -2.42. The highest BCUT2D eigenvalue weighted by molar-refractivity contribution is 5.75. The highest BCUT2D eigenvalue weighted by Gasteiger charge is 2.30. The van der Waals surface area contributed by atoms with Gasteiger partial charge >= 0.3 is 0 Å². The molecule has 2 aliphatic rings. The topological polar surface area (TPSA) is 50.8 Å². The highest BCUT2D eigenvalue weighted by Crippen LogP contribution is 2.21. The number of amides is 1. The van der Waals surface area contributed by atoms with Gasteiger partial charge in [-0.25, -0.2) is 0 Å². The van der Waals surface area contributed by atoms with E-state index in [2.05, 4.69) is 10.2 Å². The van der Waals surface area contributed by atoms with Gasteiger partial charge in [0.1, 0.15) is 0 Å². The predicted octanol–water partition coefficient (Wildman–Crippen LogP) is 2.35. The van der Waals surface area contributed by atoms with Crippen LogP contribution in [0.3, 0.4) is 0 Å². The lowest BCUT2D eigenvalue weighted by atomic mass is 10.0. The van der Waals surface area contributed by atoms with Crippen molar-refractivity contribution in [1.82, 2.24) is 10.2 Å². The average Bonchev–Trinajstić information content (AvgIpc) is 2.67. The third-order valence-electron chi connectivity index (χ3n) is 5.04. The van der Waals surface area contributed by atoms with Crippen LogP contribution in [0.25, 0.3) is 0 Å². The number of piperidine rings is 1. The molecule has 25 heavy (non-hydrogen) atoms. The summed E-state index contributed by atoms with van der Waals surface area (Å²) in [7, 11) is 0. The van der Waals surface area contributed by atoms with Crippen LogP contribution in [0.4, 0.5) is 0 Å². The van der Waals surface area contributed by atoms with Crippen LogP contribution in [-0.2, 0) is 20.9 Å². The van der Waals surface area contributed by atoms with Crippen molar-refractivity contribution in [2.24, 2.45) is 0 Å². The summed E-state index contributed by atoms with van der Waals surface area (Å²) in [6, 6.07) is 10.7. The molecule has 0 aliphatic carbocycles. The zero-order valence-corrected chi connectivity index (χ0v) is 15.0. The van der Waals surface area contributed by atoms with E-state index in [0.29, 0.717) is 32.2 Å². The molecule has 0 aromatic heterocycles. The molecule has 5 heteroatoms. The van der Waals surface area contributed by atoms with Gasteiger partial charge < -0.3 is 14.8 Å². The van der Waals surface area contributed by atoms with Crippen molar-refractivity contribution in [1.29, 1.82) is 0 Å². The summed E-state index contributed by atoms with van der Waals surface area (Å²) in [4.78, 5) is 14.5. The molecular weight excluding hydrogens is 316 g/mol. The summed E-state index contributed by atoms with van der Waals surface area (Å²) in [5.74, 6) is 0.0904. The zero-order valence-electron chi connectivity index (χ0n) is 15.0. The highest BCUT2D eigenvalue weighted by atomic mass is 16.5. The molecular formula is C20H30N2O3. The number of hydrogen-bond acceptors (Lipinski definition) is 4. The van der Waals surface area contributed by atoms with Gasteiger partial charge in [-0.2, -0.15) is 0 Å². The van der Waals surface area contributed by atoms with E-state index >= 15 is 0 Å². The molecule has 2 heterocycles. The summed E-state index contributed by atoms with van der Waals surface area (Å²) in [5, 5.41) is 3.01. The van der Waals surface area contributed by atoms with E-state index in [-0.39, 0.29) is 12.0 Å². The Morgan fingerprint density at radius 2 is 2.16 bits per heavy atom. The maximum Gasteiger partial charge on any atom is 0.220 e. The number of carbonyl (C=O) groups is 1. The van der Waals surface area contributed by atoms with Gasteiger partial charge in [0.15, 0.2) is 0 Å². The maximum atomic E-state index is 12.0. The first-order chi connectivity index (χ1) is 12.3. The molecule has 138 valence electrons. The second-order valence-corrected chi connectivity index (χ2v) is 7.05. The Balaban J connectivity index is 1.23. The van der Waals surface area contributed by atoms with Gasteiger partial charge in [-0.1, -0.05) is 36.8 Å². The number of morpholine rings is 1. The van der Waals surface area contributed by atoms with Crippen molar-refractivity contribution in [2.45, 2.75) is 50.9 Å². The van der Waals surface area contributed by atoms with E-state index in [4.69, 9.17) is 9.47 Å². The lowest BCUT2D eigenvalue weighted by molar-refractivity contribution is -0.123. The van der Waals surface area contributed by atoms with Crippen molar-refractivity contribution in [3.05, 3.63) is 35.9 Å². The predicted molar refractivity (Wildman–Crippen MR) is 97.3 cm³/mol. The second kappa shape index (κ2) is 9.90. The van der Waals surface area contributed by atoms with Crippen LogP contribution in [0, 0.1) is 0 Å². The van der Waals surface area contributed by atoms with Crippen LogP contribution >= 0.6 is 0 Å². The smallest absolute Gasteiger partial charge is 0.220 e. The Morgan fingerprint density at radius 3 is 3.04 bits per heavy atom. The third-order valence-corrected chi connectivity index (χ3v) is 5.04. The zero-order chi connectivity index (χ0) is 17.3. The number of nitrogens with one attached hydrogen (secondary N) is 1. The van der Waals surface area contributed by atoms with Crippen molar-refractivity contribution in [3.8, 4) is 0 Å². The van der Waals surface area contributed by atoms with Gasteiger partial charge in [-0.05, 0) is 31.4 Å². The van der Waals surface area contributed by atoms with Gasteiger partial charge in [0.25, 0.3) is 0 Å². The number of benzene rings is 1. The largest absolute Gasteiger partial charge is 0.377 e. The first-order valence-electron chi connectivity index (χ1n) is 9.55. The molecule has 3 rings (SSSR count). The van der Waals surface area contributed by atoms with Gasteiger partial charge in [0.2, 0.25) is 5.91 Å². The lowest BCUT2D eigenvalue weighted by Crippen LogP contribution is -2.54. The quantitative estimate of drug-likeness (QED) is 0.734. The minimum absolute atomic E-state index is 0.0904. The molecule has 1 N–H and O–H groups in total. The molecule has 0 spiro atoms. The van der Waals surface area contributed by atoms with Crippen molar-refractivity contribution in [3.63, 3.8) is 0 Å². The van der Waals surface area contributed by atoms with E-state index in [1.54, 1.807) is 0 Å². The van der Waals surface area contributed by atoms with Crippen LogP contribution in [0.15, 0.2) is 30.3 Å². The van der Waals surface area contributed by atoms with E-state index < -0.39 is 0 Å². The normalized spacial score (nSPS) is 23.8. The Morgan fingerprint density at radius 1 is 1.28 bits per heavy atom. The first-order valence-corrected chi connectivity index (χ1v) is 9.55. The summed E-state index contributed by atoms with van der Waals surface area (Å²) < 4.78 is 11.5. The molecule has 2 saturated heterocycles. The van der Waals surface area contributed by atoms with Gasteiger partial charge in [-0.3, -0.25) is 9.69 Å². The van der Waals surface area contributed by atoms with Gasteiger partial charge in [-0.15, -0.1) is 0 Å². The summed E-state index contributed by atoms with van der Waals surface area (Å²) >= 11 is 0. The van der Waals surface area contributed by atoms with Crippen molar-refractivity contribution >= 4 is 5.91 Å². The molecule has 5 nitrogen and oxygen atoms in total. The fourth-order valence-electron chi connectivity index (χ4n) is 3.59. The second-order valence-electron chi connectivity index (χ2n) is 7.05. The average molecular weight is 346 g/mol. The van der Waals surface area contributed by atoms with Gasteiger partial charge in [0, 0.05) is 32.2 Å². The van der Waals surface area contributed by atoms with Crippen LogP contribution in [0.2, 0.25) is 0 Å². The van der Waals surface area contributed by atoms with Crippen LogP contribution in [0.1, 0.15) is 37.7 Å². The van der Waals surface area contributed by atoms with Crippen molar-refractivity contribution < 1.29 is 14.3 Å².